The lowest BCUT2D eigenvalue weighted by molar-refractivity contribution is -0.158. The lowest BCUT2D eigenvalue weighted by Crippen LogP contribution is -2.23. The van der Waals surface area contributed by atoms with Crippen molar-refractivity contribution >= 4 is 5.97 Å². The van der Waals surface area contributed by atoms with Gasteiger partial charge in [-0.15, -0.1) is 0 Å². The third-order valence-electron chi connectivity index (χ3n) is 1.72. The Kier molecular flexibility index (Phi) is 3.11. The zero-order valence-electron chi connectivity index (χ0n) is 6.41. The van der Waals surface area contributed by atoms with Gasteiger partial charge in [-0.3, -0.25) is 0 Å². The van der Waals surface area contributed by atoms with Gasteiger partial charge < -0.3 is 9.47 Å². The van der Waals surface area contributed by atoms with E-state index in [1.54, 1.807) is 0 Å². The first kappa shape index (κ1) is 8.27. The van der Waals surface area contributed by atoms with Gasteiger partial charge in [0.2, 0.25) is 0 Å². The van der Waals surface area contributed by atoms with E-state index in [4.69, 9.17) is 4.74 Å². The second kappa shape index (κ2) is 4.13. The van der Waals surface area contributed by atoms with Crippen molar-refractivity contribution in [3.05, 3.63) is 12.7 Å². The van der Waals surface area contributed by atoms with E-state index in [1.165, 1.54) is 6.42 Å². The standard InChI is InChI=1S/C8H12O3/c1-2-8(9)11-6-10-7-4-3-5-7/h2,7H,1,3-6H2. The molecule has 1 fully saturated rings. The molecule has 0 aromatic heterocycles. The third-order valence-corrected chi connectivity index (χ3v) is 1.72. The number of hydrogen-bond acceptors (Lipinski definition) is 3. The fourth-order valence-electron chi connectivity index (χ4n) is 0.785. The molecule has 0 aromatic carbocycles. The maximum absolute atomic E-state index is 10.5. The molecule has 0 N–H and O–H groups in total. The first-order valence-electron chi connectivity index (χ1n) is 3.73. The number of rotatable bonds is 4. The van der Waals surface area contributed by atoms with Crippen molar-refractivity contribution in [2.24, 2.45) is 0 Å². The summed E-state index contributed by atoms with van der Waals surface area (Å²) in [5.74, 6) is -0.427. The first-order valence-corrected chi connectivity index (χ1v) is 3.73. The molecule has 1 saturated carbocycles. The van der Waals surface area contributed by atoms with E-state index in [0.717, 1.165) is 18.9 Å². The molecule has 0 amide bonds. The summed E-state index contributed by atoms with van der Waals surface area (Å²) in [4.78, 5) is 10.5. The van der Waals surface area contributed by atoms with Crippen LogP contribution in [0.4, 0.5) is 0 Å². The monoisotopic (exact) mass is 156 g/mol. The van der Waals surface area contributed by atoms with Crippen LogP contribution in [-0.4, -0.2) is 18.9 Å². The predicted octanol–water partition coefficient (Wildman–Crippen LogP) is 1.24. The van der Waals surface area contributed by atoms with E-state index in [9.17, 15) is 4.79 Å². The summed E-state index contributed by atoms with van der Waals surface area (Å²) in [6.07, 6.45) is 4.84. The van der Waals surface area contributed by atoms with Crippen LogP contribution >= 0.6 is 0 Å². The summed E-state index contributed by atoms with van der Waals surface area (Å²) in [6, 6.07) is 0. The van der Waals surface area contributed by atoms with Crippen LogP contribution in [0.3, 0.4) is 0 Å². The number of carbonyl (C=O) groups is 1. The highest BCUT2D eigenvalue weighted by Crippen LogP contribution is 2.21. The SMILES string of the molecule is C=CC(=O)OCOC1CCC1. The molecule has 1 rings (SSSR count). The van der Waals surface area contributed by atoms with Gasteiger partial charge in [0, 0.05) is 6.08 Å². The Labute approximate surface area is 66.0 Å². The summed E-state index contributed by atoms with van der Waals surface area (Å²) in [5, 5.41) is 0. The predicted molar refractivity (Wildman–Crippen MR) is 39.9 cm³/mol. The van der Waals surface area contributed by atoms with Crippen molar-refractivity contribution in [2.75, 3.05) is 6.79 Å². The van der Waals surface area contributed by atoms with Gasteiger partial charge in [0.1, 0.15) is 0 Å². The average molecular weight is 156 g/mol. The smallest absolute Gasteiger partial charge is 0.332 e. The molecular formula is C8H12O3. The molecule has 3 heteroatoms. The van der Waals surface area contributed by atoms with Crippen LogP contribution in [0.5, 0.6) is 0 Å². The van der Waals surface area contributed by atoms with Crippen molar-refractivity contribution in [1.29, 1.82) is 0 Å². The Bertz CT molecular complexity index is 149. The summed E-state index contributed by atoms with van der Waals surface area (Å²) in [5.41, 5.74) is 0. The van der Waals surface area contributed by atoms with Crippen LogP contribution in [0.25, 0.3) is 0 Å². The minimum Gasteiger partial charge on any atom is -0.435 e. The van der Waals surface area contributed by atoms with E-state index >= 15 is 0 Å². The summed E-state index contributed by atoms with van der Waals surface area (Å²) < 4.78 is 9.78. The molecule has 0 saturated heterocycles. The van der Waals surface area contributed by atoms with Crippen LogP contribution in [-0.2, 0) is 14.3 Å². The fourth-order valence-corrected chi connectivity index (χ4v) is 0.785. The van der Waals surface area contributed by atoms with Gasteiger partial charge in [-0.2, -0.15) is 0 Å². The Hall–Kier alpha value is -0.830. The number of esters is 1. The minimum atomic E-state index is -0.427. The molecule has 0 heterocycles. The Morgan fingerprint density at radius 3 is 2.82 bits per heavy atom. The largest absolute Gasteiger partial charge is 0.435 e. The van der Waals surface area contributed by atoms with Gasteiger partial charge in [0.15, 0.2) is 6.79 Å². The molecular weight excluding hydrogens is 144 g/mol. The lowest BCUT2D eigenvalue weighted by Gasteiger charge is -2.24. The second-order valence-electron chi connectivity index (χ2n) is 2.50. The highest BCUT2D eigenvalue weighted by molar-refractivity contribution is 5.81. The van der Waals surface area contributed by atoms with Crippen LogP contribution < -0.4 is 0 Å². The number of carbonyl (C=O) groups excluding carboxylic acids is 1. The molecule has 62 valence electrons. The zero-order chi connectivity index (χ0) is 8.10. The van der Waals surface area contributed by atoms with Crippen molar-refractivity contribution in [1.82, 2.24) is 0 Å². The van der Waals surface area contributed by atoms with Gasteiger partial charge >= 0.3 is 5.97 Å². The Morgan fingerprint density at radius 2 is 2.36 bits per heavy atom. The van der Waals surface area contributed by atoms with Gasteiger partial charge in [-0.1, -0.05) is 6.58 Å². The molecule has 1 aliphatic rings. The maximum atomic E-state index is 10.5. The molecule has 0 bridgehead atoms. The molecule has 3 nitrogen and oxygen atoms in total. The Morgan fingerprint density at radius 1 is 1.64 bits per heavy atom. The first-order chi connectivity index (χ1) is 5.33. The Balaban J connectivity index is 1.94. The van der Waals surface area contributed by atoms with Crippen LogP contribution in [0.15, 0.2) is 12.7 Å². The van der Waals surface area contributed by atoms with Crippen molar-refractivity contribution in [3.63, 3.8) is 0 Å². The second-order valence-corrected chi connectivity index (χ2v) is 2.50. The number of ether oxygens (including phenoxy) is 2. The average Bonchev–Trinajstić information content (AvgIpc) is 1.94. The number of hydrogen-bond donors (Lipinski definition) is 0. The summed E-state index contributed by atoms with van der Waals surface area (Å²) >= 11 is 0. The van der Waals surface area contributed by atoms with Crippen LogP contribution in [0.1, 0.15) is 19.3 Å². The van der Waals surface area contributed by atoms with Crippen molar-refractivity contribution in [2.45, 2.75) is 25.4 Å². The van der Waals surface area contributed by atoms with Crippen molar-refractivity contribution < 1.29 is 14.3 Å². The molecule has 0 aliphatic heterocycles. The summed E-state index contributed by atoms with van der Waals surface area (Å²) in [6.45, 7) is 3.33. The van der Waals surface area contributed by atoms with E-state index in [0.29, 0.717) is 6.10 Å². The molecule has 0 aromatic rings. The van der Waals surface area contributed by atoms with Gasteiger partial charge in [-0.25, -0.2) is 4.79 Å². The fraction of sp³-hybridized carbons (Fsp3) is 0.625. The molecule has 0 unspecified atom stereocenters. The van der Waals surface area contributed by atoms with E-state index < -0.39 is 5.97 Å². The molecule has 0 spiro atoms. The highest BCUT2D eigenvalue weighted by atomic mass is 16.7. The van der Waals surface area contributed by atoms with Crippen LogP contribution in [0.2, 0.25) is 0 Å². The van der Waals surface area contributed by atoms with Gasteiger partial charge in [0.05, 0.1) is 6.10 Å². The summed E-state index contributed by atoms with van der Waals surface area (Å²) in [7, 11) is 0. The normalized spacial score (nSPS) is 17.1. The molecule has 11 heavy (non-hydrogen) atoms. The van der Waals surface area contributed by atoms with E-state index in [-0.39, 0.29) is 6.79 Å². The topological polar surface area (TPSA) is 35.5 Å². The molecule has 0 atom stereocenters. The quantitative estimate of drug-likeness (QED) is 0.349. The molecule has 1 aliphatic carbocycles. The van der Waals surface area contributed by atoms with E-state index in [2.05, 4.69) is 11.3 Å². The van der Waals surface area contributed by atoms with E-state index in [1.807, 2.05) is 0 Å². The van der Waals surface area contributed by atoms with Gasteiger partial charge in [-0.05, 0) is 19.3 Å². The van der Waals surface area contributed by atoms with Gasteiger partial charge in [0.25, 0.3) is 0 Å². The lowest BCUT2D eigenvalue weighted by atomic mass is 9.96. The molecule has 0 radical (unpaired) electrons. The maximum Gasteiger partial charge on any atom is 0.332 e. The zero-order valence-corrected chi connectivity index (χ0v) is 6.41. The third kappa shape index (κ3) is 2.72. The minimum absolute atomic E-state index is 0.0650. The van der Waals surface area contributed by atoms with Crippen molar-refractivity contribution in [3.8, 4) is 0 Å². The van der Waals surface area contributed by atoms with Crippen LogP contribution in [0, 0.1) is 0 Å². The highest BCUT2D eigenvalue weighted by Gasteiger charge is 2.17.